The van der Waals surface area contributed by atoms with Crippen LogP contribution in [0.3, 0.4) is 0 Å². The van der Waals surface area contributed by atoms with Crippen LogP contribution in [0, 0.1) is 0 Å². The Labute approximate surface area is 65.8 Å². The van der Waals surface area contributed by atoms with Crippen LogP contribution in [0.2, 0.25) is 0 Å². The molecule has 1 saturated heterocycles. The van der Waals surface area contributed by atoms with Crippen LogP contribution >= 0.6 is 23.0 Å². The third-order valence-corrected chi connectivity index (χ3v) is 1.47. The van der Waals surface area contributed by atoms with Crippen molar-refractivity contribution in [1.82, 2.24) is 5.06 Å². The number of hydroxylamine groups is 2. The number of rotatable bonds is 1. The van der Waals surface area contributed by atoms with Crippen molar-refractivity contribution in [2.75, 3.05) is 0 Å². The van der Waals surface area contributed by atoms with E-state index >= 15 is 0 Å². The van der Waals surface area contributed by atoms with Crippen molar-refractivity contribution >= 4 is 34.8 Å². The molecule has 1 rings (SSSR count). The lowest BCUT2D eigenvalue weighted by atomic mass is 10.4. The predicted molar refractivity (Wildman–Crippen MR) is 36.2 cm³/mol. The Balaban J connectivity index is 2.66. The number of nitrogens with zero attached hydrogens (tertiary/aromatic N) is 1. The zero-order valence-corrected chi connectivity index (χ0v) is 6.62. The molecule has 0 bridgehead atoms. The summed E-state index contributed by atoms with van der Waals surface area (Å²) in [7, 11) is 0. The van der Waals surface area contributed by atoms with Crippen molar-refractivity contribution < 1.29 is 12.8 Å². The Hall–Kier alpha value is -0.170. The van der Waals surface area contributed by atoms with Gasteiger partial charge in [-0.05, 0) is 0 Å². The summed E-state index contributed by atoms with van der Waals surface area (Å²) >= 11 is 1.50. The molecule has 0 spiro atoms. The maximum absolute atomic E-state index is 10.6. The number of carbonyl (C=O) groups excluding carboxylic acids is 2. The summed E-state index contributed by atoms with van der Waals surface area (Å²) in [4.78, 5) is 21.2. The van der Waals surface area contributed by atoms with Crippen molar-refractivity contribution in [3.05, 3.63) is 0 Å². The standard InChI is InChI=1S/C4H4INO3/c5-9-6-3(7)1-2-4(6)8/h1-2H2. The van der Waals surface area contributed by atoms with Crippen LogP contribution in [-0.4, -0.2) is 16.9 Å². The van der Waals surface area contributed by atoms with E-state index in [2.05, 4.69) is 3.17 Å². The van der Waals surface area contributed by atoms with E-state index in [1.807, 2.05) is 0 Å². The maximum Gasteiger partial charge on any atom is 0.254 e. The highest BCUT2D eigenvalue weighted by atomic mass is 127. The highest BCUT2D eigenvalue weighted by Crippen LogP contribution is 2.13. The average molecular weight is 241 g/mol. The van der Waals surface area contributed by atoms with Gasteiger partial charge < -0.3 is 0 Å². The van der Waals surface area contributed by atoms with Gasteiger partial charge in [-0.2, -0.15) is 3.17 Å². The molecule has 0 N–H and O–H groups in total. The van der Waals surface area contributed by atoms with Crippen LogP contribution < -0.4 is 0 Å². The van der Waals surface area contributed by atoms with Crippen molar-refractivity contribution in [2.24, 2.45) is 0 Å². The zero-order chi connectivity index (χ0) is 6.85. The van der Waals surface area contributed by atoms with E-state index in [9.17, 15) is 9.59 Å². The van der Waals surface area contributed by atoms with Crippen LogP contribution in [0.4, 0.5) is 0 Å². The van der Waals surface area contributed by atoms with Gasteiger partial charge in [-0.25, -0.2) is 0 Å². The first-order valence-electron chi connectivity index (χ1n) is 2.40. The fourth-order valence-electron chi connectivity index (χ4n) is 0.633. The van der Waals surface area contributed by atoms with Crippen molar-refractivity contribution in [3.63, 3.8) is 0 Å². The maximum atomic E-state index is 10.6. The third kappa shape index (κ3) is 1.21. The van der Waals surface area contributed by atoms with Gasteiger partial charge in [0.15, 0.2) is 0 Å². The second-order valence-corrected chi connectivity index (χ2v) is 2.04. The van der Waals surface area contributed by atoms with E-state index < -0.39 is 0 Å². The van der Waals surface area contributed by atoms with Gasteiger partial charge in [-0.15, -0.1) is 5.06 Å². The molecule has 1 fully saturated rings. The summed E-state index contributed by atoms with van der Waals surface area (Å²) in [6.45, 7) is 0. The number of halogens is 1. The molecule has 0 atom stereocenters. The minimum absolute atomic E-state index is 0.255. The third-order valence-electron chi connectivity index (χ3n) is 1.07. The first-order valence-corrected chi connectivity index (χ1v) is 3.28. The van der Waals surface area contributed by atoms with Crippen molar-refractivity contribution in [2.45, 2.75) is 12.8 Å². The molecule has 0 aliphatic carbocycles. The fraction of sp³-hybridized carbons (Fsp3) is 0.500. The van der Waals surface area contributed by atoms with Crippen LogP contribution in [0.5, 0.6) is 0 Å². The lowest BCUT2D eigenvalue weighted by Crippen LogP contribution is -2.25. The summed E-state index contributed by atoms with van der Waals surface area (Å²) in [5, 5.41) is 0.778. The molecular weight excluding hydrogens is 237 g/mol. The normalized spacial score (nSPS) is 19.4. The summed E-state index contributed by atoms with van der Waals surface area (Å²) in [5.41, 5.74) is 0. The molecule has 0 aromatic rings. The van der Waals surface area contributed by atoms with Gasteiger partial charge in [-0.1, -0.05) is 0 Å². The second-order valence-electron chi connectivity index (χ2n) is 1.65. The van der Waals surface area contributed by atoms with E-state index in [1.165, 1.54) is 23.0 Å². The quantitative estimate of drug-likeness (QED) is 0.493. The minimum atomic E-state index is -0.255. The molecule has 4 nitrogen and oxygen atoms in total. The van der Waals surface area contributed by atoms with Crippen molar-refractivity contribution in [3.8, 4) is 0 Å². The Bertz CT molecular complexity index is 142. The smallest absolute Gasteiger partial charge is 0.254 e. The molecular formula is C4H4INO3. The number of carbonyl (C=O) groups is 2. The van der Waals surface area contributed by atoms with Gasteiger partial charge >= 0.3 is 0 Å². The molecule has 0 aromatic carbocycles. The van der Waals surface area contributed by atoms with Gasteiger partial charge in [0.1, 0.15) is 23.0 Å². The summed E-state index contributed by atoms with van der Waals surface area (Å²) in [5.74, 6) is -0.510. The van der Waals surface area contributed by atoms with Gasteiger partial charge in [0.2, 0.25) is 0 Å². The Kier molecular flexibility index (Phi) is 2.01. The fourth-order valence-corrected chi connectivity index (χ4v) is 1.07. The van der Waals surface area contributed by atoms with Crippen LogP contribution in [0.25, 0.3) is 0 Å². The van der Waals surface area contributed by atoms with Gasteiger partial charge in [-0.3, -0.25) is 9.59 Å². The van der Waals surface area contributed by atoms with E-state index in [1.54, 1.807) is 0 Å². The topological polar surface area (TPSA) is 46.6 Å². The van der Waals surface area contributed by atoms with Gasteiger partial charge in [0.25, 0.3) is 11.8 Å². The summed E-state index contributed by atoms with van der Waals surface area (Å²) < 4.78 is 4.44. The predicted octanol–water partition coefficient (Wildman–Crippen LogP) is 0.417. The van der Waals surface area contributed by atoms with Crippen LogP contribution in [0.1, 0.15) is 12.8 Å². The van der Waals surface area contributed by atoms with Crippen molar-refractivity contribution in [1.29, 1.82) is 0 Å². The first-order chi connectivity index (χ1) is 4.25. The molecule has 1 aliphatic rings. The van der Waals surface area contributed by atoms with Gasteiger partial charge in [0, 0.05) is 12.8 Å². The second kappa shape index (κ2) is 2.61. The molecule has 1 aliphatic heterocycles. The Morgan fingerprint density at radius 1 is 1.33 bits per heavy atom. The Morgan fingerprint density at radius 3 is 2.00 bits per heavy atom. The molecule has 0 saturated carbocycles. The molecule has 9 heavy (non-hydrogen) atoms. The molecule has 50 valence electrons. The molecule has 2 amide bonds. The zero-order valence-electron chi connectivity index (χ0n) is 4.46. The highest BCUT2D eigenvalue weighted by molar-refractivity contribution is 14.1. The monoisotopic (exact) mass is 241 g/mol. The number of hydrogen-bond acceptors (Lipinski definition) is 3. The highest BCUT2D eigenvalue weighted by Gasteiger charge is 2.29. The van der Waals surface area contributed by atoms with E-state index in [0.29, 0.717) is 0 Å². The SMILES string of the molecule is O=C1CCC(=O)N1OI. The molecule has 0 radical (unpaired) electrons. The Morgan fingerprint density at radius 2 is 1.78 bits per heavy atom. The molecule has 5 heteroatoms. The van der Waals surface area contributed by atoms with Gasteiger partial charge in [0.05, 0.1) is 0 Å². The number of hydrogen-bond donors (Lipinski definition) is 0. The van der Waals surface area contributed by atoms with E-state index in [0.717, 1.165) is 5.06 Å². The van der Waals surface area contributed by atoms with E-state index in [4.69, 9.17) is 0 Å². The van der Waals surface area contributed by atoms with E-state index in [-0.39, 0.29) is 24.7 Å². The number of imide groups is 1. The molecule has 1 heterocycles. The summed E-state index contributed by atoms with van der Waals surface area (Å²) in [6, 6.07) is 0. The molecule has 0 unspecified atom stereocenters. The lowest BCUT2D eigenvalue weighted by Gasteiger charge is -2.04. The summed E-state index contributed by atoms with van der Waals surface area (Å²) in [6.07, 6.45) is 0.559. The van der Waals surface area contributed by atoms with Crippen LogP contribution in [-0.2, 0) is 12.8 Å². The number of amides is 2. The first kappa shape index (κ1) is 6.94. The minimum Gasteiger partial charge on any atom is -0.272 e. The average Bonchev–Trinajstić information content (AvgIpc) is 2.12. The lowest BCUT2D eigenvalue weighted by molar-refractivity contribution is -0.158. The van der Waals surface area contributed by atoms with Crippen LogP contribution in [0.15, 0.2) is 0 Å². The molecule has 0 aromatic heterocycles. The largest absolute Gasteiger partial charge is 0.272 e.